The lowest BCUT2D eigenvalue weighted by atomic mass is 10.2. The Hall–Kier alpha value is -1.59. The number of sulfonamides is 1. The van der Waals surface area contributed by atoms with Crippen LogP contribution in [0.1, 0.15) is 30.2 Å². The Labute approximate surface area is 119 Å². The maximum Gasteiger partial charge on any atom is 0.218 e. The van der Waals surface area contributed by atoms with Gasteiger partial charge in [0, 0.05) is 6.54 Å². The molecule has 0 unspecified atom stereocenters. The first-order chi connectivity index (χ1) is 9.67. The lowest BCUT2D eigenvalue weighted by molar-refractivity contribution is 0.339. The molecule has 5 heteroatoms. The first-order valence-electron chi connectivity index (χ1n) is 6.74. The second kappa shape index (κ2) is 5.42. The first-order valence-corrected chi connectivity index (χ1v) is 8.34. The Bertz CT molecular complexity index is 650. The van der Waals surface area contributed by atoms with E-state index in [0.717, 1.165) is 24.2 Å². The standard InChI is InChI=1S/C15H17NO3S/c17-20(18,12-13-6-2-1-3-7-13)16-10-4-8-14(16)15-9-5-11-19-15/h1-3,5-7,9,11,14H,4,8,10,12H2/t14-/m0/s1. The third-order valence-corrected chi connectivity index (χ3v) is 5.47. The third kappa shape index (κ3) is 2.64. The van der Waals surface area contributed by atoms with Crippen molar-refractivity contribution < 1.29 is 12.8 Å². The van der Waals surface area contributed by atoms with Crippen LogP contribution in [0.25, 0.3) is 0 Å². The van der Waals surface area contributed by atoms with Crippen LogP contribution >= 0.6 is 0 Å². The molecule has 0 amide bonds. The highest BCUT2D eigenvalue weighted by molar-refractivity contribution is 7.88. The fraction of sp³-hybridized carbons (Fsp3) is 0.333. The molecule has 0 radical (unpaired) electrons. The van der Waals surface area contributed by atoms with Crippen molar-refractivity contribution in [2.24, 2.45) is 0 Å². The van der Waals surface area contributed by atoms with Gasteiger partial charge in [0.2, 0.25) is 10.0 Å². The number of hydrogen-bond donors (Lipinski definition) is 0. The molecule has 0 aliphatic carbocycles. The van der Waals surface area contributed by atoms with E-state index in [9.17, 15) is 8.42 Å². The maximum absolute atomic E-state index is 12.6. The van der Waals surface area contributed by atoms with Crippen molar-refractivity contribution >= 4 is 10.0 Å². The molecular weight excluding hydrogens is 274 g/mol. The second-order valence-corrected chi connectivity index (χ2v) is 6.95. The summed E-state index contributed by atoms with van der Waals surface area (Å²) in [6.45, 7) is 0.570. The van der Waals surface area contributed by atoms with Crippen LogP contribution in [-0.4, -0.2) is 19.3 Å². The minimum Gasteiger partial charge on any atom is -0.468 e. The van der Waals surface area contributed by atoms with E-state index in [-0.39, 0.29) is 11.8 Å². The molecule has 0 bridgehead atoms. The van der Waals surface area contributed by atoms with Gasteiger partial charge in [-0.25, -0.2) is 8.42 Å². The summed E-state index contributed by atoms with van der Waals surface area (Å²) >= 11 is 0. The number of hydrogen-bond acceptors (Lipinski definition) is 3. The largest absolute Gasteiger partial charge is 0.468 e. The Morgan fingerprint density at radius 2 is 1.95 bits per heavy atom. The van der Waals surface area contributed by atoms with E-state index in [0.29, 0.717) is 6.54 Å². The molecule has 2 heterocycles. The molecule has 1 fully saturated rings. The lowest BCUT2D eigenvalue weighted by Gasteiger charge is -2.22. The minimum absolute atomic E-state index is 0.0467. The third-order valence-electron chi connectivity index (χ3n) is 3.62. The molecular formula is C15H17NO3S. The van der Waals surface area contributed by atoms with Crippen LogP contribution in [0.3, 0.4) is 0 Å². The van der Waals surface area contributed by atoms with Crippen molar-refractivity contribution in [3.05, 3.63) is 60.1 Å². The van der Waals surface area contributed by atoms with Crippen LogP contribution < -0.4 is 0 Å². The molecule has 20 heavy (non-hydrogen) atoms. The van der Waals surface area contributed by atoms with Crippen LogP contribution in [0, 0.1) is 0 Å². The van der Waals surface area contributed by atoms with Gasteiger partial charge in [-0.2, -0.15) is 4.31 Å². The molecule has 2 aromatic rings. The van der Waals surface area contributed by atoms with Crippen molar-refractivity contribution in [1.29, 1.82) is 0 Å². The lowest BCUT2D eigenvalue weighted by Crippen LogP contribution is -2.31. The summed E-state index contributed by atoms with van der Waals surface area (Å²) in [6.07, 6.45) is 3.29. The fourth-order valence-corrected chi connectivity index (χ4v) is 4.49. The highest BCUT2D eigenvalue weighted by atomic mass is 32.2. The van der Waals surface area contributed by atoms with Gasteiger partial charge in [0.25, 0.3) is 0 Å². The monoisotopic (exact) mass is 291 g/mol. The summed E-state index contributed by atoms with van der Waals surface area (Å²) in [6, 6.07) is 12.8. The topological polar surface area (TPSA) is 50.5 Å². The number of benzene rings is 1. The molecule has 106 valence electrons. The summed E-state index contributed by atoms with van der Waals surface area (Å²) in [7, 11) is -3.31. The predicted molar refractivity (Wildman–Crippen MR) is 76.5 cm³/mol. The molecule has 0 saturated carbocycles. The van der Waals surface area contributed by atoms with Gasteiger partial charge in [-0.1, -0.05) is 30.3 Å². The predicted octanol–water partition coefficient (Wildman–Crippen LogP) is 2.95. The second-order valence-electron chi connectivity index (χ2n) is 5.03. The van der Waals surface area contributed by atoms with Crippen molar-refractivity contribution in [2.75, 3.05) is 6.54 Å². The normalized spacial score (nSPS) is 20.3. The van der Waals surface area contributed by atoms with Crippen LogP contribution in [0.5, 0.6) is 0 Å². The van der Waals surface area contributed by atoms with E-state index >= 15 is 0 Å². The summed E-state index contributed by atoms with van der Waals surface area (Å²) < 4.78 is 32.2. The Kier molecular flexibility index (Phi) is 3.63. The number of furan rings is 1. The van der Waals surface area contributed by atoms with Crippen molar-refractivity contribution in [3.8, 4) is 0 Å². The van der Waals surface area contributed by atoms with Gasteiger partial charge in [0.15, 0.2) is 0 Å². The van der Waals surface area contributed by atoms with E-state index in [1.54, 1.807) is 16.6 Å². The van der Waals surface area contributed by atoms with E-state index in [1.807, 2.05) is 36.4 Å². The van der Waals surface area contributed by atoms with Gasteiger partial charge in [-0.3, -0.25) is 0 Å². The molecule has 1 aliphatic heterocycles. The quantitative estimate of drug-likeness (QED) is 0.870. The molecule has 1 aliphatic rings. The van der Waals surface area contributed by atoms with Crippen LogP contribution in [0.15, 0.2) is 53.1 Å². The molecule has 1 aromatic carbocycles. The smallest absolute Gasteiger partial charge is 0.218 e. The van der Waals surface area contributed by atoms with Crippen molar-refractivity contribution in [2.45, 2.75) is 24.6 Å². The van der Waals surface area contributed by atoms with E-state index < -0.39 is 10.0 Å². The number of nitrogens with zero attached hydrogens (tertiary/aromatic N) is 1. The summed E-state index contributed by atoms with van der Waals surface area (Å²) in [5.41, 5.74) is 0.817. The molecule has 1 atom stereocenters. The van der Waals surface area contributed by atoms with Gasteiger partial charge >= 0.3 is 0 Å². The van der Waals surface area contributed by atoms with E-state index in [1.165, 1.54) is 0 Å². The fourth-order valence-electron chi connectivity index (χ4n) is 2.71. The minimum atomic E-state index is -3.31. The number of rotatable bonds is 4. The van der Waals surface area contributed by atoms with Crippen LogP contribution in [0.4, 0.5) is 0 Å². The zero-order chi connectivity index (χ0) is 14.0. The van der Waals surface area contributed by atoms with Crippen LogP contribution in [-0.2, 0) is 15.8 Å². The summed E-state index contributed by atoms with van der Waals surface area (Å²) in [5, 5.41) is 0. The Balaban J connectivity index is 1.83. The molecule has 4 nitrogen and oxygen atoms in total. The molecule has 1 aromatic heterocycles. The Morgan fingerprint density at radius 1 is 1.15 bits per heavy atom. The van der Waals surface area contributed by atoms with Gasteiger partial charge in [-0.05, 0) is 30.5 Å². The van der Waals surface area contributed by atoms with E-state index in [4.69, 9.17) is 4.42 Å². The van der Waals surface area contributed by atoms with Crippen molar-refractivity contribution in [3.63, 3.8) is 0 Å². The van der Waals surface area contributed by atoms with Gasteiger partial charge in [0.1, 0.15) is 5.76 Å². The summed E-state index contributed by atoms with van der Waals surface area (Å²) in [5.74, 6) is 0.782. The highest BCUT2D eigenvalue weighted by Gasteiger charge is 2.36. The first kappa shape index (κ1) is 13.4. The van der Waals surface area contributed by atoms with Gasteiger partial charge in [-0.15, -0.1) is 0 Å². The average molecular weight is 291 g/mol. The zero-order valence-corrected chi connectivity index (χ0v) is 11.9. The zero-order valence-electron chi connectivity index (χ0n) is 11.1. The SMILES string of the molecule is O=S(=O)(Cc1ccccc1)N1CCC[C@H]1c1ccco1. The van der Waals surface area contributed by atoms with Crippen LogP contribution in [0.2, 0.25) is 0 Å². The molecule has 0 spiro atoms. The maximum atomic E-state index is 12.6. The molecule has 1 saturated heterocycles. The molecule has 0 N–H and O–H groups in total. The molecule has 3 rings (SSSR count). The highest BCUT2D eigenvalue weighted by Crippen LogP contribution is 2.35. The van der Waals surface area contributed by atoms with Crippen molar-refractivity contribution in [1.82, 2.24) is 4.31 Å². The van der Waals surface area contributed by atoms with Gasteiger partial charge in [0.05, 0.1) is 18.1 Å². The van der Waals surface area contributed by atoms with Gasteiger partial charge < -0.3 is 4.42 Å². The Morgan fingerprint density at radius 3 is 2.65 bits per heavy atom. The summed E-state index contributed by atoms with van der Waals surface area (Å²) in [4.78, 5) is 0. The van der Waals surface area contributed by atoms with E-state index in [2.05, 4.69) is 0 Å². The average Bonchev–Trinajstić information content (AvgIpc) is 3.10.